The molecule has 1 fully saturated rings. The number of anilines is 1. The summed E-state index contributed by atoms with van der Waals surface area (Å²) in [6, 6.07) is 6.54. The highest BCUT2D eigenvalue weighted by atomic mass is 16.5. The van der Waals surface area contributed by atoms with Gasteiger partial charge in [-0.25, -0.2) is 0 Å². The molecule has 1 aliphatic carbocycles. The number of ether oxygens (including phenoxy) is 1. The van der Waals surface area contributed by atoms with Crippen molar-refractivity contribution in [2.24, 2.45) is 0 Å². The van der Waals surface area contributed by atoms with E-state index in [1.165, 1.54) is 56.2 Å². The average Bonchev–Trinajstić information content (AvgIpc) is 2.39. The lowest BCUT2D eigenvalue weighted by molar-refractivity contribution is 0.0487. The zero-order valence-electron chi connectivity index (χ0n) is 11.3. The molecule has 1 N–H and O–H groups in total. The molecule has 3 rings (SSSR count). The van der Waals surface area contributed by atoms with E-state index in [0.29, 0.717) is 0 Å². The maximum absolute atomic E-state index is 6.28. The number of rotatable bonds is 2. The Labute approximate surface area is 110 Å². The van der Waals surface area contributed by atoms with Crippen LogP contribution >= 0.6 is 0 Å². The van der Waals surface area contributed by atoms with Crippen molar-refractivity contribution in [1.29, 1.82) is 0 Å². The molecule has 1 aliphatic heterocycles. The van der Waals surface area contributed by atoms with Crippen LogP contribution in [-0.2, 0) is 6.42 Å². The molecule has 0 saturated heterocycles. The van der Waals surface area contributed by atoms with E-state index in [1.54, 1.807) is 0 Å². The van der Waals surface area contributed by atoms with Crippen LogP contribution in [0, 0.1) is 0 Å². The fourth-order valence-corrected chi connectivity index (χ4v) is 3.20. The Balaban J connectivity index is 1.76. The molecule has 2 aliphatic rings. The lowest BCUT2D eigenvalue weighted by Gasteiger charge is -2.34. The average molecular weight is 245 g/mol. The molecule has 18 heavy (non-hydrogen) atoms. The van der Waals surface area contributed by atoms with E-state index in [0.717, 1.165) is 12.3 Å². The van der Waals surface area contributed by atoms with E-state index < -0.39 is 0 Å². The van der Waals surface area contributed by atoms with Gasteiger partial charge in [0, 0.05) is 12.2 Å². The van der Waals surface area contributed by atoms with Crippen molar-refractivity contribution in [3.63, 3.8) is 0 Å². The van der Waals surface area contributed by atoms with Crippen LogP contribution in [0.15, 0.2) is 18.2 Å². The minimum absolute atomic E-state index is 0.0641. The molecule has 0 radical (unpaired) electrons. The highest BCUT2D eigenvalue weighted by Gasteiger charge is 2.28. The van der Waals surface area contributed by atoms with Gasteiger partial charge in [0.2, 0.25) is 0 Å². The normalized spacial score (nSPS) is 21.8. The first-order chi connectivity index (χ1) is 8.75. The van der Waals surface area contributed by atoms with E-state index in [1.807, 2.05) is 0 Å². The van der Waals surface area contributed by atoms with Gasteiger partial charge >= 0.3 is 0 Å². The van der Waals surface area contributed by atoms with Crippen LogP contribution in [-0.4, -0.2) is 12.1 Å². The highest BCUT2D eigenvalue weighted by molar-refractivity contribution is 5.55. The first-order valence-electron chi connectivity index (χ1n) is 7.31. The number of nitrogens with one attached hydrogen (secondary N) is 1. The molecular formula is C16H23NO. The van der Waals surface area contributed by atoms with Crippen LogP contribution in [0.25, 0.3) is 0 Å². The Morgan fingerprint density at radius 1 is 1.11 bits per heavy atom. The maximum atomic E-state index is 6.28. The van der Waals surface area contributed by atoms with Gasteiger partial charge in [-0.05, 0) is 69.2 Å². The van der Waals surface area contributed by atoms with E-state index in [-0.39, 0.29) is 5.60 Å². The maximum Gasteiger partial charge on any atom is 0.120 e. The quantitative estimate of drug-likeness (QED) is 0.845. The second kappa shape index (κ2) is 4.83. The molecule has 1 heterocycles. The molecule has 98 valence electrons. The van der Waals surface area contributed by atoms with Gasteiger partial charge in [0.15, 0.2) is 0 Å². The monoisotopic (exact) mass is 245 g/mol. The SMILES string of the molecule is CC1(Oc2ccc3c(c2)CCCN3)CCCCC1. The largest absolute Gasteiger partial charge is 0.488 e. The lowest BCUT2D eigenvalue weighted by atomic mass is 9.86. The summed E-state index contributed by atoms with van der Waals surface area (Å²) >= 11 is 0. The predicted octanol–water partition coefficient (Wildman–Crippen LogP) is 4.15. The van der Waals surface area contributed by atoms with Gasteiger partial charge < -0.3 is 10.1 Å². The molecular weight excluding hydrogens is 222 g/mol. The Hall–Kier alpha value is -1.18. The highest BCUT2D eigenvalue weighted by Crippen LogP contribution is 2.34. The van der Waals surface area contributed by atoms with Crippen LogP contribution in [0.1, 0.15) is 51.0 Å². The van der Waals surface area contributed by atoms with Gasteiger partial charge in [0.25, 0.3) is 0 Å². The van der Waals surface area contributed by atoms with Crippen molar-refractivity contribution in [1.82, 2.24) is 0 Å². The van der Waals surface area contributed by atoms with Crippen molar-refractivity contribution < 1.29 is 4.74 Å². The number of hydrogen-bond donors (Lipinski definition) is 1. The first-order valence-corrected chi connectivity index (χ1v) is 7.31. The fourth-order valence-electron chi connectivity index (χ4n) is 3.20. The molecule has 0 aromatic heterocycles. The smallest absolute Gasteiger partial charge is 0.120 e. The Bertz CT molecular complexity index is 421. The third-order valence-corrected chi connectivity index (χ3v) is 4.29. The molecule has 1 aromatic carbocycles. The van der Waals surface area contributed by atoms with Crippen molar-refractivity contribution in [3.05, 3.63) is 23.8 Å². The van der Waals surface area contributed by atoms with Gasteiger partial charge in [0.05, 0.1) is 0 Å². The molecule has 0 bridgehead atoms. The van der Waals surface area contributed by atoms with Crippen LogP contribution in [0.4, 0.5) is 5.69 Å². The molecule has 0 atom stereocenters. The Morgan fingerprint density at radius 2 is 1.94 bits per heavy atom. The summed E-state index contributed by atoms with van der Waals surface area (Å²) < 4.78 is 6.28. The zero-order chi connectivity index (χ0) is 12.4. The number of benzene rings is 1. The summed E-state index contributed by atoms with van der Waals surface area (Å²) in [5.74, 6) is 1.06. The predicted molar refractivity (Wildman–Crippen MR) is 75.4 cm³/mol. The summed E-state index contributed by atoms with van der Waals surface area (Å²) in [5, 5.41) is 3.45. The topological polar surface area (TPSA) is 21.3 Å². The van der Waals surface area contributed by atoms with Crippen molar-refractivity contribution in [2.45, 2.75) is 57.5 Å². The summed E-state index contributed by atoms with van der Waals surface area (Å²) in [6.45, 7) is 3.37. The number of aryl methyl sites for hydroxylation is 1. The summed E-state index contributed by atoms with van der Waals surface area (Å²) in [7, 11) is 0. The second-order valence-electron chi connectivity index (χ2n) is 5.96. The third kappa shape index (κ3) is 2.47. The van der Waals surface area contributed by atoms with Gasteiger partial charge in [-0.15, -0.1) is 0 Å². The van der Waals surface area contributed by atoms with E-state index in [9.17, 15) is 0 Å². The Morgan fingerprint density at radius 3 is 2.78 bits per heavy atom. The molecule has 1 saturated carbocycles. The standard InChI is InChI=1S/C16H23NO/c1-16(9-3-2-4-10-16)18-14-7-8-15-13(12-14)6-5-11-17-15/h7-8,12,17H,2-6,9-11H2,1H3. The van der Waals surface area contributed by atoms with Gasteiger partial charge in [-0.3, -0.25) is 0 Å². The van der Waals surface area contributed by atoms with Gasteiger partial charge in [0.1, 0.15) is 11.4 Å². The van der Waals surface area contributed by atoms with Gasteiger partial charge in [-0.2, -0.15) is 0 Å². The molecule has 0 amide bonds. The van der Waals surface area contributed by atoms with Crippen molar-refractivity contribution in [2.75, 3.05) is 11.9 Å². The summed E-state index contributed by atoms with van der Waals surface area (Å²) in [6.07, 6.45) is 8.79. The fraction of sp³-hybridized carbons (Fsp3) is 0.625. The molecule has 1 aromatic rings. The van der Waals surface area contributed by atoms with E-state index >= 15 is 0 Å². The second-order valence-corrected chi connectivity index (χ2v) is 5.96. The lowest BCUT2D eigenvalue weighted by Crippen LogP contribution is -2.34. The van der Waals surface area contributed by atoms with Gasteiger partial charge in [-0.1, -0.05) is 6.42 Å². The first kappa shape index (κ1) is 11.9. The van der Waals surface area contributed by atoms with Crippen molar-refractivity contribution in [3.8, 4) is 5.75 Å². The third-order valence-electron chi connectivity index (χ3n) is 4.29. The minimum Gasteiger partial charge on any atom is -0.488 e. The van der Waals surface area contributed by atoms with Crippen LogP contribution in [0.2, 0.25) is 0 Å². The number of fused-ring (bicyclic) bond motifs is 1. The van der Waals surface area contributed by atoms with Crippen LogP contribution < -0.4 is 10.1 Å². The molecule has 2 heteroatoms. The van der Waals surface area contributed by atoms with E-state index in [4.69, 9.17) is 4.74 Å². The minimum atomic E-state index is 0.0641. The molecule has 2 nitrogen and oxygen atoms in total. The van der Waals surface area contributed by atoms with Crippen LogP contribution in [0.3, 0.4) is 0 Å². The zero-order valence-corrected chi connectivity index (χ0v) is 11.3. The molecule has 0 spiro atoms. The van der Waals surface area contributed by atoms with Crippen LogP contribution in [0.5, 0.6) is 5.75 Å². The van der Waals surface area contributed by atoms with E-state index in [2.05, 4.69) is 30.4 Å². The van der Waals surface area contributed by atoms with Crippen molar-refractivity contribution >= 4 is 5.69 Å². The summed E-state index contributed by atoms with van der Waals surface area (Å²) in [5.41, 5.74) is 2.77. The Kier molecular flexibility index (Phi) is 3.19. The molecule has 0 unspecified atom stereocenters. The number of hydrogen-bond acceptors (Lipinski definition) is 2. The summed E-state index contributed by atoms with van der Waals surface area (Å²) in [4.78, 5) is 0.